The van der Waals surface area contributed by atoms with E-state index >= 15 is 0 Å². The molecule has 0 saturated carbocycles. The Labute approximate surface area is 142 Å². The molecule has 6 nitrogen and oxygen atoms in total. The Hall–Kier alpha value is -2.58. The number of piperidine rings is 1. The van der Waals surface area contributed by atoms with Crippen molar-refractivity contribution in [3.8, 4) is 0 Å². The third-order valence-electron chi connectivity index (χ3n) is 4.13. The third-order valence-corrected chi connectivity index (χ3v) is 4.13. The molecule has 0 unspecified atom stereocenters. The summed E-state index contributed by atoms with van der Waals surface area (Å²) in [6.45, 7) is 2.64. The van der Waals surface area contributed by atoms with E-state index in [1.54, 1.807) is 11.0 Å². The molecule has 1 atom stereocenters. The molecule has 3 rings (SSSR count). The van der Waals surface area contributed by atoms with Crippen LogP contribution in [0.25, 0.3) is 0 Å². The molecular formula is C16H17F3N4O2. The van der Waals surface area contributed by atoms with Gasteiger partial charge in [-0.15, -0.1) is 10.2 Å². The highest BCUT2D eigenvalue weighted by Crippen LogP contribution is 2.32. The number of rotatable bonds is 2. The number of amides is 2. The smallest absolute Gasteiger partial charge is 0.417 e. The van der Waals surface area contributed by atoms with Gasteiger partial charge in [0.1, 0.15) is 0 Å². The van der Waals surface area contributed by atoms with Gasteiger partial charge < -0.3 is 14.6 Å². The van der Waals surface area contributed by atoms with Crippen molar-refractivity contribution in [2.75, 3.05) is 18.4 Å². The van der Waals surface area contributed by atoms with E-state index in [1.165, 1.54) is 0 Å². The van der Waals surface area contributed by atoms with Crippen LogP contribution in [-0.4, -0.2) is 34.2 Å². The summed E-state index contributed by atoms with van der Waals surface area (Å²) < 4.78 is 42.5. The zero-order valence-corrected chi connectivity index (χ0v) is 13.5. The number of urea groups is 1. The number of carbonyl (C=O) groups excluding carboxylic acids is 1. The van der Waals surface area contributed by atoms with Crippen molar-refractivity contribution in [1.29, 1.82) is 0 Å². The maximum Gasteiger partial charge on any atom is 0.470 e. The van der Waals surface area contributed by atoms with E-state index in [-0.39, 0.29) is 18.5 Å². The molecule has 0 spiro atoms. The zero-order valence-electron chi connectivity index (χ0n) is 13.5. The maximum absolute atomic E-state index is 12.6. The molecule has 2 heterocycles. The maximum atomic E-state index is 12.6. The van der Waals surface area contributed by atoms with Gasteiger partial charge in [-0.25, -0.2) is 4.79 Å². The van der Waals surface area contributed by atoms with Crippen molar-refractivity contribution in [1.82, 2.24) is 15.1 Å². The Bertz CT molecular complexity index is 760. The summed E-state index contributed by atoms with van der Waals surface area (Å²) in [5, 5.41) is 9.38. The minimum absolute atomic E-state index is 0.0827. The number of nitrogens with zero attached hydrogens (tertiary/aromatic N) is 3. The lowest BCUT2D eigenvalue weighted by molar-refractivity contribution is -0.157. The number of carbonyl (C=O) groups is 1. The first kappa shape index (κ1) is 17.2. The van der Waals surface area contributed by atoms with E-state index in [2.05, 4.69) is 15.5 Å². The summed E-state index contributed by atoms with van der Waals surface area (Å²) in [7, 11) is 0. The van der Waals surface area contributed by atoms with Crippen LogP contribution in [0, 0.1) is 6.92 Å². The van der Waals surface area contributed by atoms with Gasteiger partial charge in [0.15, 0.2) is 0 Å². The van der Waals surface area contributed by atoms with Gasteiger partial charge in [0.05, 0.1) is 5.92 Å². The van der Waals surface area contributed by atoms with Crippen molar-refractivity contribution >= 4 is 11.7 Å². The first-order valence-electron chi connectivity index (χ1n) is 7.87. The van der Waals surface area contributed by atoms with Gasteiger partial charge in [0.25, 0.3) is 0 Å². The number of hydrogen-bond acceptors (Lipinski definition) is 4. The van der Waals surface area contributed by atoms with E-state index in [1.807, 2.05) is 25.1 Å². The number of likely N-dealkylation sites (tertiary alicyclic amines) is 1. The quantitative estimate of drug-likeness (QED) is 0.890. The molecule has 0 aliphatic carbocycles. The highest BCUT2D eigenvalue weighted by atomic mass is 19.4. The Balaban J connectivity index is 1.67. The number of nitrogens with one attached hydrogen (secondary N) is 1. The standard InChI is InChI=1S/C16H17F3N4O2/c1-10-5-2-3-7-12(10)20-15(24)23-8-4-6-11(9-23)13-21-22-14(25-13)16(17,18)19/h2-3,5,7,11H,4,6,8-9H2,1H3,(H,20,24)/t11-/m1/s1. The molecule has 2 amide bonds. The molecule has 1 fully saturated rings. The van der Waals surface area contributed by atoms with E-state index in [0.29, 0.717) is 25.1 Å². The molecule has 9 heteroatoms. The summed E-state index contributed by atoms with van der Waals surface area (Å²) in [4.78, 5) is 14.0. The van der Waals surface area contributed by atoms with Gasteiger partial charge in [-0.3, -0.25) is 0 Å². The minimum atomic E-state index is -4.66. The predicted octanol–water partition coefficient (Wildman–Crippen LogP) is 3.81. The number of anilines is 1. The van der Waals surface area contributed by atoms with Crippen molar-refractivity contribution in [2.24, 2.45) is 0 Å². The largest absolute Gasteiger partial charge is 0.470 e. The molecule has 0 bridgehead atoms. The van der Waals surface area contributed by atoms with Crippen LogP contribution in [0.2, 0.25) is 0 Å². The molecule has 2 aromatic rings. The van der Waals surface area contributed by atoms with E-state index in [9.17, 15) is 18.0 Å². The number of para-hydroxylation sites is 1. The van der Waals surface area contributed by atoms with Crippen LogP contribution in [0.3, 0.4) is 0 Å². The van der Waals surface area contributed by atoms with Crippen molar-refractivity contribution in [3.05, 3.63) is 41.6 Å². The zero-order chi connectivity index (χ0) is 18.0. The summed E-state index contributed by atoms with van der Waals surface area (Å²) in [6, 6.07) is 7.07. The van der Waals surface area contributed by atoms with Crippen molar-refractivity contribution in [3.63, 3.8) is 0 Å². The molecule has 1 aromatic heterocycles. The first-order valence-corrected chi connectivity index (χ1v) is 7.87. The van der Waals surface area contributed by atoms with Crippen LogP contribution in [0.15, 0.2) is 28.7 Å². The van der Waals surface area contributed by atoms with E-state index in [4.69, 9.17) is 4.42 Å². The van der Waals surface area contributed by atoms with Crippen LogP contribution in [0.5, 0.6) is 0 Å². The lowest BCUT2D eigenvalue weighted by Crippen LogP contribution is -2.41. The SMILES string of the molecule is Cc1ccccc1NC(=O)N1CCC[C@@H](c2nnc(C(F)(F)F)o2)C1. The number of benzene rings is 1. The fraction of sp³-hybridized carbons (Fsp3) is 0.438. The van der Waals surface area contributed by atoms with Gasteiger partial charge in [-0.05, 0) is 31.4 Å². The van der Waals surface area contributed by atoms with Crippen molar-refractivity contribution < 1.29 is 22.4 Å². The normalized spacial score (nSPS) is 18.2. The number of alkyl halides is 3. The second-order valence-corrected chi connectivity index (χ2v) is 5.97. The molecule has 1 saturated heterocycles. The number of aryl methyl sites for hydroxylation is 1. The molecule has 1 aromatic carbocycles. The van der Waals surface area contributed by atoms with Crippen molar-refractivity contribution in [2.45, 2.75) is 31.9 Å². The fourth-order valence-corrected chi connectivity index (χ4v) is 2.78. The molecule has 1 aliphatic heterocycles. The Kier molecular flexibility index (Phi) is 4.65. The topological polar surface area (TPSA) is 71.3 Å². The van der Waals surface area contributed by atoms with Crippen LogP contribution in [0.4, 0.5) is 23.7 Å². The lowest BCUT2D eigenvalue weighted by Gasteiger charge is -2.31. The molecule has 0 radical (unpaired) electrons. The lowest BCUT2D eigenvalue weighted by atomic mass is 9.98. The number of hydrogen-bond donors (Lipinski definition) is 1. The van der Waals surface area contributed by atoms with Crippen LogP contribution in [-0.2, 0) is 6.18 Å². The number of halogens is 3. The summed E-state index contributed by atoms with van der Waals surface area (Å²) in [6.07, 6.45) is -3.43. The van der Waals surface area contributed by atoms with Gasteiger partial charge >= 0.3 is 18.1 Å². The second-order valence-electron chi connectivity index (χ2n) is 5.97. The predicted molar refractivity (Wildman–Crippen MR) is 83.0 cm³/mol. The van der Waals surface area contributed by atoms with E-state index < -0.39 is 18.0 Å². The Morgan fingerprint density at radius 2 is 2.08 bits per heavy atom. The summed E-state index contributed by atoms with van der Waals surface area (Å²) in [5.74, 6) is -1.84. The highest BCUT2D eigenvalue weighted by molar-refractivity contribution is 5.90. The minimum Gasteiger partial charge on any atom is -0.417 e. The second kappa shape index (κ2) is 6.73. The third kappa shape index (κ3) is 3.92. The Morgan fingerprint density at radius 1 is 1.32 bits per heavy atom. The molecule has 134 valence electrons. The van der Waals surface area contributed by atoms with Crippen LogP contribution < -0.4 is 5.32 Å². The van der Waals surface area contributed by atoms with Gasteiger partial charge in [0, 0.05) is 18.8 Å². The molecule has 25 heavy (non-hydrogen) atoms. The van der Waals surface area contributed by atoms with Crippen LogP contribution >= 0.6 is 0 Å². The molecule has 1 aliphatic rings. The summed E-state index contributed by atoms with van der Waals surface area (Å²) >= 11 is 0. The monoisotopic (exact) mass is 354 g/mol. The average molecular weight is 354 g/mol. The van der Waals surface area contributed by atoms with Gasteiger partial charge in [-0.2, -0.15) is 13.2 Å². The van der Waals surface area contributed by atoms with Gasteiger partial charge in [-0.1, -0.05) is 18.2 Å². The summed E-state index contributed by atoms with van der Waals surface area (Å²) in [5.41, 5.74) is 1.63. The molecule has 1 N–H and O–H groups in total. The fourth-order valence-electron chi connectivity index (χ4n) is 2.78. The van der Waals surface area contributed by atoms with E-state index in [0.717, 1.165) is 5.56 Å². The average Bonchev–Trinajstić information content (AvgIpc) is 3.07. The molecular weight excluding hydrogens is 337 g/mol. The van der Waals surface area contributed by atoms with Gasteiger partial charge in [0.2, 0.25) is 5.89 Å². The number of aromatic nitrogens is 2. The van der Waals surface area contributed by atoms with Crippen LogP contribution in [0.1, 0.15) is 36.1 Å². The first-order chi connectivity index (χ1) is 11.8. The highest BCUT2D eigenvalue weighted by Gasteiger charge is 2.39. The Morgan fingerprint density at radius 3 is 2.76 bits per heavy atom.